The molecule has 23 heavy (non-hydrogen) atoms. The lowest BCUT2D eigenvalue weighted by Crippen LogP contribution is -1.98. The molecule has 4 nitrogen and oxygen atoms in total. The summed E-state index contributed by atoms with van der Waals surface area (Å²) >= 11 is 7.58. The third kappa shape index (κ3) is 2.78. The zero-order valence-electron chi connectivity index (χ0n) is 12.4. The summed E-state index contributed by atoms with van der Waals surface area (Å²) in [7, 11) is 0. The minimum Gasteiger partial charge on any atom is -0.222 e. The molecule has 2 aromatic carbocycles. The molecule has 0 aliphatic rings. The Labute approximate surface area is 142 Å². The van der Waals surface area contributed by atoms with Crippen LogP contribution in [0.15, 0.2) is 53.7 Å². The number of benzene rings is 2. The van der Waals surface area contributed by atoms with Gasteiger partial charge in [-0.15, -0.1) is 5.10 Å². The smallest absolute Gasteiger partial charge is 0.191 e. The van der Waals surface area contributed by atoms with Gasteiger partial charge in [0.2, 0.25) is 0 Å². The number of fused-ring (bicyclic) bond motifs is 3. The fourth-order valence-corrected chi connectivity index (χ4v) is 3.48. The van der Waals surface area contributed by atoms with Crippen LogP contribution in [0.1, 0.15) is 11.4 Å². The number of hydrogen-bond acceptors (Lipinski definition) is 4. The number of hydrogen-bond donors (Lipinski definition) is 0. The molecule has 0 spiro atoms. The van der Waals surface area contributed by atoms with Crippen molar-refractivity contribution in [3.63, 3.8) is 0 Å². The van der Waals surface area contributed by atoms with Crippen molar-refractivity contribution < 1.29 is 0 Å². The average molecular weight is 341 g/mol. The Bertz CT molecular complexity index is 995. The van der Waals surface area contributed by atoms with Crippen molar-refractivity contribution in [2.45, 2.75) is 17.8 Å². The molecule has 0 bridgehead atoms. The summed E-state index contributed by atoms with van der Waals surface area (Å²) in [6.45, 7) is 1.90. The van der Waals surface area contributed by atoms with Crippen molar-refractivity contribution in [3.05, 3.63) is 64.9 Å². The number of aryl methyl sites for hydroxylation is 1. The van der Waals surface area contributed by atoms with Crippen LogP contribution in [-0.4, -0.2) is 19.6 Å². The predicted octanol–water partition coefficient (Wildman–Crippen LogP) is 4.53. The molecule has 0 N–H and O–H groups in total. The molecule has 0 saturated carbocycles. The van der Waals surface area contributed by atoms with Gasteiger partial charge in [-0.2, -0.15) is 4.52 Å². The summed E-state index contributed by atoms with van der Waals surface area (Å²) in [5.74, 6) is 1.55. The molecule has 0 amide bonds. The second-order valence-electron chi connectivity index (χ2n) is 5.22. The highest BCUT2D eigenvalue weighted by Gasteiger charge is 2.12. The van der Waals surface area contributed by atoms with Gasteiger partial charge in [-0.1, -0.05) is 47.6 Å². The molecule has 4 rings (SSSR count). The quantitative estimate of drug-likeness (QED) is 0.406. The Kier molecular flexibility index (Phi) is 3.67. The molecule has 0 aliphatic carbocycles. The van der Waals surface area contributed by atoms with Gasteiger partial charge in [0.1, 0.15) is 5.82 Å². The van der Waals surface area contributed by atoms with Crippen LogP contribution in [-0.2, 0) is 5.75 Å². The largest absolute Gasteiger partial charge is 0.222 e. The number of thioether (sulfide) groups is 1. The monoisotopic (exact) mass is 340 g/mol. The zero-order chi connectivity index (χ0) is 15.8. The normalized spacial score (nSPS) is 11.4. The first kappa shape index (κ1) is 14.5. The summed E-state index contributed by atoms with van der Waals surface area (Å²) in [5, 5.41) is 7.10. The van der Waals surface area contributed by atoms with Crippen LogP contribution in [0.3, 0.4) is 0 Å². The maximum atomic E-state index is 5.93. The molecule has 0 radical (unpaired) electrons. The molecular formula is C17H13ClN4S. The highest BCUT2D eigenvalue weighted by molar-refractivity contribution is 7.98. The lowest BCUT2D eigenvalue weighted by atomic mass is 10.2. The molecule has 6 heteroatoms. The van der Waals surface area contributed by atoms with Gasteiger partial charge in [-0.05, 0) is 36.8 Å². The first-order valence-corrected chi connectivity index (χ1v) is 8.56. The number of rotatable bonds is 3. The molecule has 0 saturated heterocycles. The van der Waals surface area contributed by atoms with E-state index in [1.807, 2.05) is 60.0 Å². The van der Waals surface area contributed by atoms with Gasteiger partial charge in [0.25, 0.3) is 0 Å². The summed E-state index contributed by atoms with van der Waals surface area (Å²) in [6, 6.07) is 15.9. The first-order valence-electron chi connectivity index (χ1n) is 7.20. The standard InChI is InChI=1S/C17H13ClN4S/c1-11-19-16-14-4-2-3-5-15(14)20-17(22(16)21-11)23-10-12-6-8-13(18)9-7-12/h2-9H,10H2,1H3. The maximum absolute atomic E-state index is 5.93. The van der Waals surface area contributed by atoms with Crippen LogP contribution >= 0.6 is 23.4 Å². The van der Waals surface area contributed by atoms with E-state index in [-0.39, 0.29) is 0 Å². The van der Waals surface area contributed by atoms with E-state index >= 15 is 0 Å². The Morgan fingerprint density at radius 1 is 1.04 bits per heavy atom. The summed E-state index contributed by atoms with van der Waals surface area (Å²) in [6.07, 6.45) is 0. The molecule has 4 aromatic rings. The van der Waals surface area contributed by atoms with Gasteiger partial charge in [-0.3, -0.25) is 0 Å². The Morgan fingerprint density at radius 3 is 2.65 bits per heavy atom. The molecule has 0 fully saturated rings. The topological polar surface area (TPSA) is 43.1 Å². The van der Waals surface area contributed by atoms with E-state index in [4.69, 9.17) is 16.6 Å². The highest BCUT2D eigenvalue weighted by Crippen LogP contribution is 2.26. The second-order valence-corrected chi connectivity index (χ2v) is 6.60. The van der Waals surface area contributed by atoms with Crippen LogP contribution in [0, 0.1) is 6.92 Å². The van der Waals surface area contributed by atoms with Gasteiger partial charge in [-0.25, -0.2) is 9.97 Å². The maximum Gasteiger partial charge on any atom is 0.191 e. The third-order valence-corrected chi connectivity index (χ3v) is 4.79. The third-order valence-electron chi connectivity index (χ3n) is 3.54. The van der Waals surface area contributed by atoms with Crippen molar-refractivity contribution in [3.8, 4) is 0 Å². The van der Waals surface area contributed by atoms with Gasteiger partial charge in [0.15, 0.2) is 10.8 Å². The van der Waals surface area contributed by atoms with Gasteiger partial charge >= 0.3 is 0 Å². The van der Waals surface area contributed by atoms with Crippen molar-refractivity contribution in [2.75, 3.05) is 0 Å². The summed E-state index contributed by atoms with van der Waals surface area (Å²) in [4.78, 5) is 9.30. The average Bonchev–Trinajstić information content (AvgIpc) is 2.96. The Hall–Kier alpha value is -2.11. The van der Waals surface area contributed by atoms with Crippen molar-refractivity contribution in [1.82, 2.24) is 19.6 Å². The van der Waals surface area contributed by atoms with Gasteiger partial charge in [0.05, 0.1) is 5.52 Å². The van der Waals surface area contributed by atoms with E-state index in [1.54, 1.807) is 11.8 Å². The van der Waals surface area contributed by atoms with Crippen LogP contribution in [0.5, 0.6) is 0 Å². The molecule has 2 aromatic heterocycles. The molecule has 2 heterocycles. The predicted molar refractivity (Wildman–Crippen MR) is 94.0 cm³/mol. The molecule has 0 aliphatic heterocycles. The first-order chi connectivity index (χ1) is 11.2. The minimum atomic E-state index is 0.747. The fourth-order valence-electron chi connectivity index (χ4n) is 2.46. The van der Waals surface area contributed by atoms with E-state index in [0.717, 1.165) is 38.3 Å². The minimum absolute atomic E-state index is 0.747. The molecule has 114 valence electrons. The summed E-state index contributed by atoms with van der Waals surface area (Å²) < 4.78 is 1.83. The lowest BCUT2D eigenvalue weighted by Gasteiger charge is -2.06. The van der Waals surface area contributed by atoms with E-state index in [2.05, 4.69) is 10.1 Å². The van der Waals surface area contributed by atoms with Crippen LogP contribution in [0.25, 0.3) is 16.6 Å². The SMILES string of the molecule is Cc1nc2c3ccccc3nc(SCc3ccc(Cl)cc3)n2n1. The van der Waals surface area contributed by atoms with Gasteiger partial charge in [0, 0.05) is 16.2 Å². The highest BCUT2D eigenvalue weighted by atomic mass is 35.5. The second kappa shape index (κ2) is 5.83. The lowest BCUT2D eigenvalue weighted by molar-refractivity contribution is 0.797. The van der Waals surface area contributed by atoms with E-state index in [1.165, 1.54) is 5.56 Å². The number of halogens is 1. The number of para-hydroxylation sites is 1. The van der Waals surface area contributed by atoms with Crippen LogP contribution in [0.4, 0.5) is 0 Å². The van der Waals surface area contributed by atoms with Crippen LogP contribution < -0.4 is 0 Å². The van der Waals surface area contributed by atoms with Crippen LogP contribution in [0.2, 0.25) is 5.02 Å². The Balaban J connectivity index is 1.77. The number of nitrogens with zero attached hydrogens (tertiary/aromatic N) is 4. The zero-order valence-corrected chi connectivity index (χ0v) is 14.0. The van der Waals surface area contributed by atoms with E-state index < -0.39 is 0 Å². The van der Waals surface area contributed by atoms with Gasteiger partial charge < -0.3 is 0 Å². The molecular weight excluding hydrogens is 328 g/mol. The van der Waals surface area contributed by atoms with Crippen molar-refractivity contribution in [1.29, 1.82) is 0 Å². The molecule has 0 unspecified atom stereocenters. The van der Waals surface area contributed by atoms with Crippen molar-refractivity contribution in [2.24, 2.45) is 0 Å². The van der Waals surface area contributed by atoms with E-state index in [0.29, 0.717) is 0 Å². The fraction of sp³-hybridized carbons (Fsp3) is 0.118. The summed E-state index contributed by atoms with van der Waals surface area (Å²) in [5.41, 5.74) is 2.98. The molecule has 0 atom stereocenters. The van der Waals surface area contributed by atoms with Crippen molar-refractivity contribution >= 4 is 39.9 Å². The Morgan fingerprint density at radius 2 is 1.83 bits per heavy atom. The van der Waals surface area contributed by atoms with E-state index in [9.17, 15) is 0 Å². The number of aromatic nitrogens is 4.